The first-order valence-corrected chi connectivity index (χ1v) is 11.4. The lowest BCUT2D eigenvalue weighted by Gasteiger charge is -2.12. The fraction of sp³-hybridized carbons (Fsp3) is 0.0952. The summed E-state index contributed by atoms with van der Waals surface area (Å²) in [6.45, 7) is 4.07. The predicted molar refractivity (Wildman–Crippen MR) is 129 cm³/mol. The van der Waals surface area contributed by atoms with Gasteiger partial charge in [0, 0.05) is 9.92 Å². The molecule has 1 aromatic heterocycles. The van der Waals surface area contributed by atoms with E-state index < -0.39 is 0 Å². The molecule has 1 heterocycles. The lowest BCUT2D eigenvalue weighted by atomic mass is 10.1. The van der Waals surface area contributed by atoms with Crippen LogP contribution < -0.4 is 10.3 Å². The van der Waals surface area contributed by atoms with Gasteiger partial charge in [0.05, 0.1) is 20.9 Å². The van der Waals surface area contributed by atoms with Gasteiger partial charge in [-0.25, -0.2) is 10.5 Å². The molecular formula is C21H16Cl2N2O2S3. The molecule has 4 aromatic rings. The number of rotatable bonds is 5. The zero-order valence-corrected chi connectivity index (χ0v) is 19.9. The highest BCUT2D eigenvalue weighted by Crippen LogP contribution is 2.39. The largest absolute Gasteiger partial charge is 0.382 e. The average Bonchev–Trinajstić information content (AvgIpc) is 3.12. The summed E-state index contributed by atoms with van der Waals surface area (Å²) >= 11 is 18.5. The third-order valence-electron chi connectivity index (χ3n) is 4.07. The van der Waals surface area contributed by atoms with E-state index in [1.165, 1.54) is 17.3 Å². The highest BCUT2D eigenvalue weighted by Gasteiger charge is 2.10. The molecule has 0 amide bonds. The van der Waals surface area contributed by atoms with Gasteiger partial charge in [0.15, 0.2) is 22.6 Å². The Morgan fingerprint density at radius 1 is 1.03 bits per heavy atom. The van der Waals surface area contributed by atoms with Gasteiger partial charge >= 0.3 is 0 Å². The van der Waals surface area contributed by atoms with Crippen molar-refractivity contribution >= 4 is 74.7 Å². The quantitative estimate of drug-likeness (QED) is 0.291. The van der Waals surface area contributed by atoms with Gasteiger partial charge in [-0.05, 0) is 61.9 Å². The number of nitrogens with one attached hydrogen (secondary N) is 1. The van der Waals surface area contributed by atoms with Crippen LogP contribution in [0.15, 0.2) is 63.8 Å². The molecule has 30 heavy (non-hydrogen) atoms. The van der Waals surface area contributed by atoms with Gasteiger partial charge in [0.2, 0.25) is 0 Å². The van der Waals surface area contributed by atoms with E-state index in [0.29, 0.717) is 10.0 Å². The Hall–Kier alpha value is -1.90. The molecule has 4 rings (SSSR count). The molecule has 0 aliphatic heterocycles. The first kappa shape index (κ1) is 22.8. The molecule has 0 aliphatic carbocycles. The van der Waals surface area contributed by atoms with Crippen LogP contribution in [0.25, 0.3) is 10.2 Å². The van der Waals surface area contributed by atoms with Crippen LogP contribution >= 0.6 is 46.3 Å². The van der Waals surface area contributed by atoms with E-state index >= 15 is 0 Å². The van der Waals surface area contributed by atoms with Crippen molar-refractivity contribution in [3.05, 3.63) is 75.8 Å². The monoisotopic (exact) mass is 494 g/mol. The van der Waals surface area contributed by atoms with Gasteiger partial charge in [-0.3, -0.25) is 0 Å². The minimum absolute atomic E-state index is 0.636. The number of aryl methyl sites for hydroxylation is 2. The summed E-state index contributed by atoms with van der Waals surface area (Å²) < 4.78 is 9.86. The standard InChI is InChI=1S/C21H16Cl2N2OS2.OS/c1-12-3-6-18(13(2)9-12)26-25-15-5-8-19(16(23)11-15)27-21-24-17-10-14(22)4-7-20(17)28-21;1-2/h3-11,25H,1-2H3;. The Morgan fingerprint density at radius 2 is 1.83 bits per heavy atom. The van der Waals surface area contributed by atoms with E-state index in [-0.39, 0.29) is 0 Å². The molecule has 154 valence electrons. The predicted octanol–water partition coefficient (Wildman–Crippen LogP) is 7.44. The number of hydrogen-bond donors (Lipinski definition) is 1. The average molecular weight is 495 g/mol. The summed E-state index contributed by atoms with van der Waals surface area (Å²) in [4.78, 5) is 11.3. The summed E-state index contributed by atoms with van der Waals surface area (Å²) in [5.41, 5.74) is 6.91. The van der Waals surface area contributed by atoms with E-state index in [9.17, 15) is 0 Å². The maximum absolute atomic E-state index is 7.83. The molecule has 0 saturated carbocycles. The van der Waals surface area contributed by atoms with Crippen LogP contribution in [0.5, 0.6) is 5.75 Å². The van der Waals surface area contributed by atoms with Crippen molar-refractivity contribution < 1.29 is 9.05 Å². The first-order valence-electron chi connectivity index (χ1n) is 8.68. The highest BCUT2D eigenvalue weighted by molar-refractivity contribution is 8.01. The number of thiazole rings is 1. The molecular weight excluding hydrogens is 479 g/mol. The van der Waals surface area contributed by atoms with Crippen LogP contribution in [-0.2, 0) is 12.5 Å². The van der Waals surface area contributed by atoms with Gasteiger partial charge in [0.25, 0.3) is 0 Å². The zero-order chi connectivity index (χ0) is 21.7. The molecule has 0 radical (unpaired) electrons. The van der Waals surface area contributed by atoms with Crippen molar-refractivity contribution in [2.75, 3.05) is 5.48 Å². The first-order chi connectivity index (χ1) is 14.5. The van der Waals surface area contributed by atoms with Gasteiger partial charge in [-0.2, -0.15) is 4.21 Å². The molecule has 0 fully saturated rings. The molecule has 4 nitrogen and oxygen atoms in total. The normalized spacial score (nSPS) is 10.4. The summed E-state index contributed by atoms with van der Waals surface area (Å²) in [5.74, 6) is 0.785. The van der Waals surface area contributed by atoms with Crippen molar-refractivity contribution in [3.8, 4) is 5.75 Å². The maximum Gasteiger partial charge on any atom is 0.197 e. The Morgan fingerprint density at radius 3 is 2.57 bits per heavy atom. The second kappa shape index (κ2) is 10.4. The lowest BCUT2D eigenvalue weighted by molar-refractivity contribution is 0.402. The number of fused-ring (bicyclic) bond motifs is 1. The molecule has 0 bridgehead atoms. The molecule has 3 aromatic carbocycles. The highest BCUT2D eigenvalue weighted by atomic mass is 35.5. The van der Waals surface area contributed by atoms with Gasteiger partial charge < -0.3 is 4.84 Å². The Bertz CT molecular complexity index is 1180. The number of nitrogens with zero attached hydrogens (tertiary/aromatic N) is 1. The Kier molecular flexibility index (Phi) is 7.91. The molecule has 1 N–H and O–H groups in total. The molecule has 9 heteroatoms. The third kappa shape index (κ3) is 5.62. The minimum Gasteiger partial charge on any atom is -0.382 e. The molecule has 0 unspecified atom stereocenters. The van der Waals surface area contributed by atoms with Crippen LogP contribution in [0.3, 0.4) is 0 Å². The Balaban J connectivity index is 0.00000124. The van der Waals surface area contributed by atoms with Crippen LogP contribution in [0.4, 0.5) is 5.69 Å². The van der Waals surface area contributed by atoms with E-state index in [1.54, 1.807) is 11.3 Å². The van der Waals surface area contributed by atoms with E-state index in [4.69, 9.17) is 32.2 Å². The van der Waals surface area contributed by atoms with Crippen molar-refractivity contribution in [2.45, 2.75) is 23.1 Å². The van der Waals surface area contributed by atoms with Crippen molar-refractivity contribution in [2.24, 2.45) is 0 Å². The van der Waals surface area contributed by atoms with Crippen LogP contribution in [0, 0.1) is 13.8 Å². The topological polar surface area (TPSA) is 51.2 Å². The number of anilines is 1. The van der Waals surface area contributed by atoms with E-state index in [0.717, 1.165) is 36.5 Å². The van der Waals surface area contributed by atoms with E-state index in [1.807, 2.05) is 55.5 Å². The van der Waals surface area contributed by atoms with Gasteiger partial charge in [-0.1, -0.05) is 52.7 Å². The molecule has 0 saturated heterocycles. The van der Waals surface area contributed by atoms with Gasteiger partial charge in [-0.15, -0.1) is 11.3 Å². The van der Waals surface area contributed by atoms with Crippen LogP contribution in [0.2, 0.25) is 10.0 Å². The smallest absolute Gasteiger partial charge is 0.197 e. The summed E-state index contributed by atoms with van der Waals surface area (Å²) in [6.07, 6.45) is 0. The van der Waals surface area contributed by atoms with E-state index in [2.05, 4.69) is 36.0 Å². The molecule has 0 aliphatic rings. The Labute approximate surface area is 198 Å². The maximum atomic E-state index is 7.83. The summed E-state index contributed by atoms with van der Waals surface area (Å²) in [5, 5.41) is 1.32. The fourth-order valence-electron chi connectivity index (χ4n) is 2.69. The summed E-state index contributed by atoms with van der Waals surface area (Å²) in [6, 6.07) is 17.5. The van der Waals surface area contributed by atoms with Crippen molar-refractivity contribution in [3.63, 3.8) is 0 Å². The second-order valence-electron chi connectivity index (χ2n) is 6.31. The number of benzene rings is 3. The fourth-order valence-corrected chi connectivity index (χ4v) is 5.16. The zero-order valence-electron chi connectivity index (χ0n) is 15.9. The molecule has 0 spiro atoms. The minimum atomic E-state index is 0.636. The van der Waals surface area contributed by atoms with Gasteiger partial charge in [0.1, 0.15) is 0 Å². The third-order valence-corrected chi connectivity index (χ3v) is 6.90. The van der Waals surface area contributed by atoms with Crippen molar-refractivity contribution in [1.29, 1.82) is 0 Å². The summed E-state index contributed by atoms with van der Waals surface area (Å²) in [7, 11) is 0. The number of aromatic nitrogens is 1. The van der Waals surface area contributed by atoms with Crippen LogP contribution in [0.1, 0.15) is 11.1 Å². The number of hydrogen-bond acceptors (Lipinski definition) is 7. The lowest BCUT2D eigenvalue weighted by Crippen LogP contribution is -2.05. The van der Waals surface area contributed by atoms with Crippen LogP contribution in [-0.4, -0.2) is 9.19 Å². The SMILES string of the molecule is Cc1ccc(ONc2ccc(Sc3nc4cc(Cl)ccc4s3)c(Cl)c2)c(C)c1.O=S. The molecule has 0 atom stereocenters. The number of halogens is 2. The second-order valence-corrected chi connectivity index (χ2v) is 9.48. The van der Waals surface area contributed by atoms with Crippen molar-refractivity contribution in [1.82, 2.24) is 4.98 Å².